The lowest BCUT2D eigenvalue weighted by molar-refractivity contribution is 0.00518. The number of rotatable bonds is 3. The summed E-state index contributed by atoms with van der Waals surface area (Å²) in [6.45, 7) is 7.01. The van der Waals surface area contributed by atoms with Crippen molar-refractivity contribution in [1.29, 1.82) is 0 Å². The highest BCUT2D eigenvalue weighted by atomic mass is 19.2. The largest absolute Gasteiger partial charge is 0.444 e. The van der Waals surface area contributed by atoms with Crippen LogP contribution in [0.15, 0.2) is 18.2 Å². The molecule has 1 aliphatic heterocycles. The number of ether oxygens (including phenoxy) is 1. The Bertz CT molecular complexity index is 523. The van der Waals surface area contributed by atoms with Crippen LogP contribution in [-0.2, 0) is 11.3 Å². The van der Waals surface area contributed by atoms with Gasteiger partial charge in [0.1, 0.15) is 5.60 Å². The van der Waals surface area contributed by atoms with Crippen molar-refractivity contribution in [3.8, 4) is 0 Å². The fourth-order valence-corrected chi connectivity index (χ4v) is 2.00. The first-order chi connectivity index (χ1) is 9.74. The molecule has 0 radical (unpaired) electrons. The maximum atomic E-state index is 13.1. The molecule has 1 aromatic rings. The predicted molar refractivity (Wildman–Crippen MR) is 74.8 cm³/mol. The number of nitrogens with zero attached hydrogens (tertiary/aromatic N) is 1. The van der Waals surface area contributed by atoms with Crippen LogP contribution in [0.3, 0.4) is 0 Å². The number of carbonyl (C=O) groups excluding carboxylic acids is 1. The quantitative estimate of drug-likeness (QED) is 0.933. The summed E-state index contributed by atoms with van der Waals surface area (Å²) in [4.78, 5) is 13.3. The first-order valence-electron chi connectivity index (χ1n) is 6.90. The summed E-state index contributed by atoms with van der Waals surface area (Å²) >= 11 is 0. The second-order valence-corrected chi connectivity index (χ2v) is 6.21. The van der Waals surface area contributed by atoms with E-state index in [2.05, 4.69) is 5.32 Å². The van der Waals surface area contributed by atoms with E-state index in [0.29, 0.717) is 25.2 Å². The Morgan fingerprint density at radius 2 is 2.00 bits per heavy atom. The van der Waals surface area contributed by atoms with E-state index < -0.39 is 17.2 Å². The van der Waals surface area contributed by atoms with Gasteiger partial charge in [0.05, 0.1) is 0 Å². The molecular formula is C15H20F2N2O2. The standard InChI is InChI=1S/C15H20F2N2O2/c1-15(2,3)21-14(20)19-8-11(9-19)18-7-10-4-5-12(16)13(17)6-10/h4-6,11,18H,7-9H2,1-3H3. The van der Waals surface area contributed by atoms with Gasteiger partial charge in [-0.3, -0.25) is 0 Å². The third kappa shape index (κ3) is 4.39. The van der Waals surface area contributed by atoms with Gasteiger partial charge in [-0.05, 0) is 38.5 Å². The Morgan fingerprint density at radius 3 is 2.57 bits per heavy atom. The molecule has 2 rings (SSSR count). The molecule has 1 aromatic carbocycles. The number of likely N-dealkylation sites (tertiary alicyclic amines) is 1. The Morgan fingerprint density at radius 1 is 1.33 bits per heavy atom. The first-order valence-corrected chi connectivity index (χ1v) is 6.90. The van der Waals surface area contributed by atoms with Crippen LogP contribution in [0, 0.1) is 11.6 Å². The molecule has 0 aromatic heterocycles. The maximum absolute atomic E-state index is 13.1. The summed E-state index contributed by atoms with van der Waals surface area (Å²) in [5.41, 5.74) is 0.172. The van der Waals surface area contributed by atoms with Crippen LogP contribution < -0.4 is 5.32 Å². The zero-order valence-corrected chi connectivity index (χ0v) is 12.5. The average molecular weight is 298 g/mol. The van der Waals surface area contributed by atoms with Gasteiger partial charge in [0.2, 0.25) is 0 Å². The van der Waals surface area contributed by atoms with E-state index in [1.165, 1.54) is 12.1 Å². The molecule has 1 saturated heterocycles. The van der Waals surface area contributed by atoms with Crippen molar-refractivity contribution in [1.82, 2.24) is 10.2 Å². The Kier molecular flexibility index (Phi) is 4.46. The number of amides is 1. The Labute approximate surface area is 123 Å². The first kappa shape index (κ1) is 15.7. The number of hydrogen-bond acceptors (Lipinski definition) is 3. The normalized spacial score (nSPS) is 15.8. The lowest BCUT2D eigenvalue weighted by Gasteiger charge is -2.40. The van der Waals surface area contributed by atoms with Gasteiger partial charge in [-0.15, -0.1) is 0 Å². The van der Waals surface area contributed by atoms with Crippen LogP contribution in [0.1, 0.15) is 26.3 Å². The molecule has 1 fully saturated rings. The van der Waals surface area contributed by atoms with Crippen molar-refractivity contribution < 1.29 is 18.3 Å². The topological polar surface area (TPSA) is 41.6 Å². The summed E-state index contributed by atoms with van der Waals surface area (Å²) in [6.07, 6.45) is -0.326. The van der Waals surface area contributed by atoms with E-state index in [0.717, 1.165) is 6.07 Å². The lowest BCUT2D eigenvalue weighted by Crippen LogP contribution is -2.60. The van der Waals surface area contributed by atoms with Crippen LogP contribution in [0.4, 0.5) is 13.6 Å². The Hall–Kier alpha value is -1.69. The summed E-state index contributed by atoms with van der Waals surface area (Å²) in [5.74, 6) is -1.70. The number of halogens is 2. The van der Waals surface area contributed by atoms with Crippen molar-refractivity contribution in [2.45, 2.75) is 39.0 Å². The second-order valence-electron chi connectivity index (χ2n) is 6.21. The summed E-state index contributed by atoms with van der Waals surface area (Å²) in [5, 5.41) is 3.19. The number of nitrogens with one attached hydrogen (secondary N) is 1. The molecule has 0 aliphatic carbocycles. The smallest absolute Gasteiger partial charge is 0.410 e. The van der Waals surface area contributed by atoms with Crippen molar-refractivity contribution in [3.05, 3.63) is 35.4 Å². The average Bonchev–Trinajstić information content (AvgIpc) is 2.29. The molecule has 6 heteroatoms. The fraction of sp³-hybridized carbons (Fsp3) is 0.533. The van der Waals surface area contributed by atoms with Gasteiger partial charge >= 0.3 is 6.09 Å². The van der Waals surface area contributed by atoms with Crippen molar-refractivity contribution in [3.63, 3.8) is 0 Å². The minimum absolute atomic E-state index is 0.144. The fourth-order valence-electron chi connectivity index (χ4n) is 2.00. The summed E-state index contributed by atoms with van der Waals surface area (Å²) in [7, 11) is 0. The van der Waals surface area contributed by atoms with Gasteiger partial charge in [-0.25, -0.2) is 13.6 Å². The van der Waals surface area contributed by atoms with Crippen LogP contribution in [0.5, 0.6) is 0 Å². The van der Waals surface area contributed by atoms with E-state index in [-0.39, 0.29) is 12.1 Å². The molecule has 0 atom stereocenters. The van der Waals surface area contributed by atoms with Gasteiger partial charge < -0.3 is 15.0 Å². The van der Waals surface area contributed by atoms with Gasteiger partial charge in [-0.2, -0.15) is 0 Å². The third-order valence-corrected chi connectivity index (χ3v) is 3.11. The van der Waals surface area contributed by atoms with Gasteiger partial charge in [0, 0.05) is 25.7 Å². The molecule has 21 heavy (non-hydrogen) atoms. The third-order valence-electron chi connectivity index (χ3n) is 3.11. The SMILES string of the molecule is CC(C)(C)OC(=O)N1CC(NCc2ccc(F)c(F)c2)C1. The predicted octanol–water partition coefficient (Wildman–Crippen LogP) is 2.67. The number of carbonyl (C=O) groups is 1. The maximum Gasteiger partial charge on any atom is 0.410 e. The minimum Gasteiger partial charge on any atom is -0.444 e. The molecule has 1 N–H and O–H groups in total. The Balaban J connectivity index is 1.73. The summed E-state index contributed by atoms with van der Waals surface area (Å²) in [6, 6.07) is 3.97. The molecule has 0 unspecified atom stereocenters. The molecule has 116 valence electrons. The van der Waals surface area contributed by atoms with Crippen molar-refractivity contribution in [2.75, 3.05) is 13.1 Å². The van der Waals surface area contributed by atoms with Crippen LogP contribution in [-0.4, -0.2) is 35.7 Å². The molecule has 0 spiro atoms. The molecule has 1 aliphatic rings. The number of hydrogen-bond donors (Lipinski definition) is 1. The molecule has 4 nitrogen and oxygen atoms in total. The van der Waals surface area contributed by atoms with E-state index >= 15 is 0 Å². The monoisotopic (exact) mass is 298 g/mol. The van der Waals surface area contributed by atoms with Crippen molar-refractivity contribution in [2.24, 2.45) is 0 Å². The van der Waals surface area contributed by atoms with Crippen LogP contribution >= 0.6 is 0 Å². The van der Waals surface area contributed by atoms with Crippen molar-refractivity contribution >= 4 is 6.09 Å². The van der Waals surface area contributed by atoms with Gasteiger partial charge in [0.15, 0.2) is 11.6 Å². The highest BCUT2D eigenvalue weighted by Crippen LogP contribution is 2.16. The molecule has 0 saturated carbocycles. The van der Waals surface area contributed by atoms with Crippen LogP contribution in [0.25, 0.3) is 0 Å². The van der Waals surface area contributed by atoms with E-state index in [9.17, 15) is 13.6 Å². The van der Waals surface area contributed by atoms with E-state index in [4.69, 9.17) is 4.74 Å². The van der Waals surface area contributed by atoms with E-state index in [1.54, 1.807) is 4.90 Å². The molecule has 0 bridgehead atoms. The molecule has 1 amide bonds. The lowest BCUT2D eigenvalue weighted by atomic mass is 10.1. The summed E-state index contributed by atoms with van der Waals surface area (Å²) < 4.78 is 31.1. The second kappa shape index (κ2) is 5.97. The minimum atomic E-state index is -0.849. The number of benzene rings is 1. The van der Waals surface area contributed by atoms with Gasteiger partial charge in [0.25, 0.3) is 0 Å². The zero-order chi connectivity index (χ0) is 15.6. The highest BCUT2D eigenvalue weighted by molar-refractivity contribution is 5.69. The van der Waals surface area contributed by atoms with Crippen LogP contribution in [0.2, 0.25) is 0 Å². The molecular weight excluding hydrogens is 278 g/mol. The van der Waals surface area contributed by atoms with E-state index in [1.807, 2.05) is 20.8 Å². The van der Waals surface area contributed by atoms with Gasteiger partial charge in [-0.1, -0.05) is 6.07 Å². The zero-order valence-electron chi connectivity index (χ0n) is 12.5. The highest BCUT2D eigenvalue weighted by Gasteiger charge is 2.33. The molecule has 1 heterocycles.